The lowest BCUT2D eigenvalue weighted by Crippen LogP contribution is -2.46. The Morgan fingerprint density at radius 3 is 2.20 bits per heavy atom. The molecule has 0 radical (unpaired) electrons. The standard InChI is InChI=1S/C22H23F3N2O3/c23-22(24,25)18-5-3-17(4-6-18)21(29)9-11-27(12-10-21)14-19(28)15-30-20-7-1-16(13-26)2-8-20/h1-8,19,28-29H,9-12,14-15H2. The van der Waals surface area contributed by atoms with Gasteiger partial charge in [0, 0.05) is 19.6 Å². The Hall–Kier alpha value is -2.60. The SMILES string of the molecule is N#Cc1ccc(OCC(O)CN2CCC(O)(c3ccc(C(F)(F)F)cc3)CC2)cc1. The van der Waals surface area contributed by atoms with Gasteiger partial charge in [0.1, 0.15) is 18.5 Å². The Morgan fingerprint density at radius 2 is 1.67 bits per heavy atom. The average molecular weight is 420 g/mol. The number of nitriles is 1. The van der Waals surface area contributed by atoms with Gasteiger partial charge in [-0.15, -0.1) is 0 Å². The third-order valence-electron chi connectivity index (χ3n) is 5.33. The minimum Gasteiger partial charge on any atom is -0.491 e. The molecule has 160 valence electrons. The van der Waals surface area contributed by atoms with E-state index < -0.39 is 23.4 Å². The molecule has 0 spiro atoms. The molecule has 1 atom stereocenters. The molecule has 1 heterocycles. The number of β-amino-alcohol motifs (C(OH)–C–C–N with tert-alkyl or cyclic N) is 1. The van der Waals surface area contributed by atoms with Crippen molar-refractivity contribution >= 4 is 0 Å². The summed E-state index contributed by atoms with van der Waals surface area (Å²) in [4.78, 5) is 1.99. The smallest absolute Gasteiger partial charge is 0.416 e. The Morgan fingerprint density at radius 1 is 1.07 bits per heavy atom. The fourth-order valence-corrected chi connectivity index (χ4v) is 3.53. The van der Waals surface area contributed by atoms with Crippen molar-refractivity contribution in [2.45, 2.75) is 30.7 Å². The topological polar surface area (TPSA) is 76.7 Å². The molecular formula is C22H23F3N2O3. The number of alkyl halides is 3. The Kier molecular flexibility index (Phi) is 6.66. The van der Waals surface area contributed by atoms with Crippen LogP contribution in [0.1, 0.15) is 29.5 Å². The first kappa shape index (κ1) is 22.1. The molecule has 1 aliphatic rings. The van der Waals surface area contributed by atoms with Crippen LogP contribution in [-0.2, 0) is 11.8 Å². The largest absolute Gasteiger partial charge is 0.491 e. The molecule has 0 amide bonds. The van der Waals surface area contributed by atoms with E-state index in [0.29, 0.717) is 49.4 Å². The Labute approximate surface area is 172 Å². The maximum absolute atomic E-state index is 12.7. The van der Waals surface area contributed by atoms with E-state index >= 15 is 0 Å². The van der Waals surface area contributed by atoms with Gasteiger partial charge in [0.2, 0.25) is 0 Å². The number of likely N-dealkylation sites (tertiary alicyclic amines) is 1. The molecule has 0 aromatic heterocycles. The number of ether oxygens (including phenoxy) is 1. The zero-order valence-electron chi connectivity index (χ0n) is 16.3. The number of aliphatic hydroxyl groups is 2. The van der Waals surface area contributed by atoms with E-state index in [1.807, 2.05) is 11.0 Å². The molecule has 3 rings (SSSR count). The molecule has 1 unspecified atom stereocenters. The van der Waals surface area contributed by atoms with E-state index in [-0.39, 0.29) is 6.61 Å². The summed E-state index contributed by atoms with van der Waals surface area (Å²) in [5, 5.41) is 29.9. The number of hydrogen-bond acceptors (Lipinski definition) is 5. The maximum atomic E-state index is 12.7. The second-order valence-electron chi connectivity index (χ2n) is 7.51. The minimum atomic E-state index is -4.40. The number of piperidine rings is 1. The van der Waals surface area contributed by atoms with Crippen molar-refractivity contribution in [2.24, 2.45) is 0 Å². The second kappa shape index (κ2) is 9.04. The number of benzene rings is 2. The molecule has 2 aromatic rings. The summed E-state index contributed by atoms with van der Waals surface area (Å²) in [6.07, 6.45) is -4.42. The molecule has 5 nitrogen and oxygen atoms in total. The lowest BCUT2D eigenvalue weighted by atomic mass is 9.84. The van der Waals surface area contributed by atoms with E-state index in [9.17, 15) is 23.4 Å². The van der Waals surface area contributed by atoms with Crippen LogP contribution in [-0.4, -0.2) is 47.5 Å². The van der Waals surface area contributed by atoms with Crippen molar-refractivity contribution in [3.8, 4) is 11.8 Å². The predicted octanol–water partition coefficient (Wildman–Crippen LogP) is 3.30. The molecule has 30 heavy (non-hydrogen) atoms. The number of halogens is 3. The van der Waals surface area contributed by atoms with Gasteiger partial charge in [-0.05, 0) is 54.8 Å². The fraction of sp³-hybridized carbons (Fsp3) is 0.409. The summed E-state index contributed by atoms with van der Waals surface area (Å²) < 4.78 is 43.7. The number of aliphatic hydroxyl groups excluding tert-OH is 1. The minimum absolute atomic E-state index is 0.0889. The van der Waals surface area contributed by atoms with Gasteiger partial charge < -0.3 is 19.8 Å². The summed E-state index contributed by atoms with van der Waals surface area (Å²) in [6.45, 7) is 1.46. The molecule has 2 N–H and O–H groups in total. The first-order valence-corrected chi connectivity index (χ1v) is 9.63. The van der Waals surface area contributed by atoms with Gasteiger partial charge in [-0.1, -0.05) is 12.1 Å². The van der Waals surface area contributed by atoms with Crippen LogP contribution in [0.3, 0.4) is 0 Å². The van der Waals surface area contributed by atoms with Crippen molar-refractivity contribution < 1.29 is 28.1 Å². The molecule has 1 saturated heterocycles. The average Bonchev–Trinajstić information content (AvgIpc) is 2.74. The maximum Gasteiger partial charge on any atom is 0.416 e. The summed E-state index contributed by atoms with van der Waals surface area (Å²) in [7, 11) is 0. The highest BCUT2D eigenvalue weighted by molar-refractivity contribution is 5.34. The van der Waals surface area contributed by atoms with E-state index in [4.69, 9.17) is 10.00 Å². The van der Waals surface area contributed by atoms with Crippen molar-refractivity contribution in [2.75, 3.05) is 26.2 Å². The van der Waals surface area contributed by atoms with Crippen LogP contribution in [0.5, 0.6) is 5.75 Å². The molecule has 0 aliphatic carbocycles. The number of rotatable bonds is 6. The zero-order chi connectivity index (χ0) is 21.8. The first-order chi connectivity index (χ1) is 14.2. The van der Waals surface area contributed by atoms with Crippen molar-refractivity contribution in [1.82, 2.24) is 4.90 Å². The van der Waals surface area contributed by atoms with Crippen molar-refractivity contribution in [3.63, 3.8) is 0 Å². The second-order valence-corrected chi connectivity index (χ2v) is 7.51. The number of hydrogen-bond donors (Lipinski definition) is 2. The summed E-state index contributed by atoms with van der Waals surface area (Å²) >= 11 is 0. The van der Waals surface area contributed by atoms with Crippen LogP contribution < -0.4 is 4.74 Å². The van der Waals surface area contributed by atoms with E-state index in [2.05, 4.69) is 0 Å². The third-order valence-corrected chi connectivity index (χ3v) is 5.33. The van der Waals surface area contributed by atoms with Crippen LogP contribution in [0.4, 0.5) is 13.2 Å². The monoisotopic (exact) mass is 420 g/mol. The van der Waals surface area contributed by atoms with E-state index in [1.165, 1.54) is 12.1 Å². The van der Waals surface area contributed by atoms with Gasteiger partial charge >= 0.3 is 6.18 Å². The third kappa shape index (κ3) is 5.51. The molecular weight excluding hydrogens is 397 g/mol. The molecule has 0 bridgehead atoms. The lowest BCUT2D eigenvalue weighted by Gasteiger charge is -2.39. The first-order valence-electron chi connectivity index (χ1n) is 9.63. The molecule has 1 fully saturated rings. The van der Waals surface area contributed by atoms with Gasteiger partial charge in [-0.2, -0.15) is 18.4 Å². The Bertz CT molecular complexity index is 868. The zero-order valence-corrected chi connectivity index (χ0v) is 16.3. The fourth-order valence-electron chi connectivity index (χ4n) is 3.53. The quantitative estimate of drug-likeness (QED) is 0.750. The van der Waals surface area contributed by atoms with Crippen LogP contribution in [0, 0.1) is 11.3 Å². The van der Waals surface area contributed by atoms with Crippen molar-refractivity contribution in [3.05, 3.63) is 65.2 Å². The van der Waals surface area contributed by atoms with E-state index in [1.54, 1.807) is 24.3 Å². The summed E-state index contributed by atoms with van der Waals surface area (Å²) in [5.74, 6) is 0.559. The van der Waals surface area contributed by atoms with Gasteiger partial charge in [-0.3, -0.25) is 0 Å². The van der Waals surface area contributed by atoms with Gasteiger partial charge in [0.25, 0.3) is 0 Å². The highest BCUT2D eigenvalue weighted by atomic mass is 19.4. The molecule has 2 aromatic carbocycles. The van der Waals surface area contributed by atoms with Crippen LogP contribution in [0.15, 0.2) is 48.5 Å². The highest BCUT2D eigenvalue weighted by Crippen LogP contribution is 2.35. The summed E-state index contributed by atoms with van der Waals surface area (Å²) in [5.41, 5.74) is -0.917. The Balaban J connectivity index is 1.48. The van der Waals surface area contributed by atoms with Gasteiger partial charge in [-0.25, -0.2) is 0 Å². The van der Waals surface area contributed by atoms with Crippen LogP contribution in [0.2, 0.25) is 0 Å². The molecule has 1 aliphatic heterocycles. The van der Waals surface area contributed by atoms with Crippen molar-refractivity contribution in [1.29, 1.82) is 5.26 Å². The van der Waals surface area contributed by atoms with Gasteiger partial charge in [0.05, 0.1) is 22.8 Å². The normalized spacial score (nSPS) is 17.9. The lowest BCUT2D eigenvalue weighted by molar-refractivity contribution is -0.137. The summed E-state index contributed by atoms with van der Waals surface area (Å²) in [6, 6.07) is 13.3. The van der Waals surface area contributed by atoms with Crippen LogP contribution >= 0.6 is 0 Å². The van der Waals surface area contributed by atoms with Crippen LogP contribution in [0.25, 0.3) is 0 Å². The molecule has 8 heteroatoms. The van der Waals surface area contributed by atoms with E-state index in [0.717, 1.165) is 12.1 Å². The molecule has 0 saturated carbocycles. The predicted molar refractivity (Wildman–Crippen MR) is 104 cm³/mol. The van der Waals surface area contributed by atoms with Gasteiger partial charge in [0.15, 0.2) is 0 Å². The number of nitrogens with zero attached hydrogens (tertiary/aromatic N) is 2. The highest BCUT2D eigenvalue weighted by Gasteiger charge is 2.36.